The molecule has 0 saturated carbocycles. The van der Waals surface area contributed by atoms with E-state index in [-0.39, 0.29) is 5.91 Å². The average Bonchev–Trinajstić information content (AvgIpc) is 3.19. The maximum absolute atomic E-state index is 12.1. The number of rotatable bonds is 5. The highest BCUT2D eigenvalue weighted by Crippen LogP contribution is 2.23. The lowest BCUT2D eigenvalue weighted by atomic mass is 10.3. The number of thioether (sulfide) groups is 1. The third kappa shape index (κ3) is 3.14. The minimum Gasteiger partial charge on any atom is -0.363 e. The summed E-state index contributed by atoms with van der Waals surface area (Å²) < 4.78 is 6.26. The Morgan fingerprint density at radius 1 is 1.32 bits per heavy atom. The molecule has 2 aromatic heterocycles. The van der Waals surface area contributed by atoms with Gasteiger partial charge in [0.2, 0.25) is 11.1 Å². The third-order valence-electron chi connectivity index (χ3n) is 2.78. The molecule has 0 fully saturated rings. The van der Waals surface area contributed by atoms with Crippen LogP contribution in [0.1, 0.15) is 6.92 Å². The van der Waals surface area contributed by atoms with Crippen molar-refractivity contribution >= 4 is 23.5 Å². The predicted octanol–water partition coefficient (Wildman–Crippen LogP) is 1.77. The summed E-state index contributed by atoms with van der Waals surface area (Å²) in [5.41, 5.74) is 0.833. The molecule has 0 radical (unpaired) electrons. The largest absolute Gasteiger partial charge is 0.363 e. The zero-order valence-electron chi connectivity index (χ0n) is 11.6. The van der Waals surface area contributed by atoms with E-state index < -0.39 is 5.25 Å². The first-order valence-electron chi connectivity index (χ1n) is 6.46. The molecule has 0 aliphatic heterocycles. The van der Waals surface area contributed by atoms with E-state index in [0.717, 1.165) is 5.69 Å². The monoisotopic (exact) mass is 316 g/mol. The van der Waals surface area contributed by atoms with Crippen molar-refractivity contribution in [3.8, 4) is 5.69 Å². The fourth-order valence-corrected chi connectivity index (χ4v) is 2.51. The molecule has 0 spiro atoms. The second-order valence-corrected chi connectivity index (χ2v) is 5.65. The number of benzene rings is 1. The topological polar surface area (TPSA) is 98.7 Å². The van der Waals surface area contributed by atoms with Crippen LogP contribution in [0.2, 0.25) is 0 Å². The molecular formula is C13H12N6O2S. The van der Waals surface area contributed by atoms with Crippen molar-refractivity contribution in [1.29, 1.82) is 0 Å². The summed E-state index contributed by atoms with van der Waals surface area (Å²) in [5.74, 6) is 0.168. The number of amides is 1. The van der Waals surface area contributed by atoms with Crippen molar-refractivity contribution in [2.45, 2.75) is 17.3 Å². The van der Waals surface area contributed by atoms with Crippen molar-refractivity contribution in [3.63, 3.8) is 0 Å². The fraction of sp³-hybridized carbons (Fsp3) is 0.154. The summed E-state index contributed by atoms with van der Waals surface area (Å²) in [6.07, 6.45) is 1.39. The summed E-state index contributed by atoms with van der Waals surface area (Å²) >= 11 is 1.26. The van der Waals surface area contributed by atoms with E-state index in [1.54, 1.807) is 17.7 Å². The van der Waals surface area contributed by atoms with Crippen LogP contribution in [0.5, 0.6) is 0 Å². The smallest absolute Gasteiger partial charge is 0.238 e. The van der Waals surface area contributed by atoms with E-state index in [2.05, 4.69) is 30.5 Å². The van der Waals surface area contributed by atoms with Crippen LogP contribution in [0.4, 0.5) is 5.82 Å². The zero-order chi connectivity index (χ0) is 15.4. The Morgan fingerprint density at radius 3 is 2.86 bits per heavy atom. The van der Waals surface area contributed by atoms with Crippen molar-refractivity contribution < 1.29 is 9.32 Å². The van der Waals surface area contributed by atoms with Crippen molar-refractivity contribution in [3.05, 3.63) is 42.7 Å². The number of hydrogen-bond acceptors (Lipinski definition) is 7. The maximum atomic E-state index is 12.1. The molecule has 2 heterocycles. The zero-order valence-corrected chi connectivity index (χ0v) is 12.4. The Morgan fingerprint density at radius 2 is 2.14 bits per heavy atom. The minimum atomic E-state index is -0.398. The standard InChI is InChI=1S/C13H12N6O2S/c1-9(12(20)14-11-7-8-21-16-11)22-13-15-17-18-19(13)10-5-3-2-4-6-10/h2-9H,1H3,(H,14,16,20). The normalized spacial score (nSPS) is 12.0. The number of hydrogen-bond donors (Lipinski definition) is 1. The van der Waals surface area contributed by atoms with Gasteiger partial charge in [-0.3, -0.25) is 4.79 Å². The Hall–Kier alpha value is -2.68. The van der Waals surface area contributed by atoms with Crippen molar-refractivity contribution in [2.24, 2.45) is 0 Å². The molecule has 3 aromatic rings. The number of para-hydroxylation sites is 1. The summed E-state index contributed by atoms with van der Waals surface area (Å²) in [6, 6.07) is 11.1. The number of nitrogens with one attached hydrogen (secondary N) is 1. The van der Waals surface area contributed by atoms with E-state index in [1.165, 1.54) is 18.0 Å². The first-order chi connectivity index (χ1) is 10.7. The van der Waals surface area contributed by atoms with Gasteiger partial charge in [0.25, 0.3) is 0 Å². The molecule has 9 heteroatoms. The summed E-state index contributed by atoms with van der Waals surface area (Å²) in [5, 5.41) is 18.0. The first kappa shape index (κ1) is 14.3. The molecule has 1 aromatic carbocycles. The highest BCUT2D eigenvalue weighted by atomic mass is 32.2. The van der Waals surface area contributed by atoms with Gasteiger partial charge in [-0.15, -0.1) is 5.10 Å². The van der Waals surface area contributed by atoms with Crippen LogP contribution in [0, 0.1) is 0 Å². The van der Waals surface area contributed by atoms with Gasteiger partial charge < -0.3 is 9.84 Å². The quantitative estimate of drug-likeness (QED) is 0.716. The van der Waals surface area contributed by atoms with E-state index in [1.807, 2.05) is 30.3 Å². The SMILES string of the molecule is CC(Sc1nnnn1-c1ccccc1)C(=O)Nc1ccon1. The molecule has 1 unspecified atom stereocenters. The van der Waals surface area contributed by atoms with E-state index >= 15 is 0 Å². The Bertz CT molecular complexity index is 743. The second-order valence-electron chi connectivity index (χ2n) is 4.34. The molecule has 22 heavy (non-hydrogen) atoms. The fourth-order valence-electron chi connectivity index (χ4n) is 1.70. The lowest BCUT2D eigenvalue weighted by Gasteiger charge is -2.10. The summed E-state index contributed by atoms with van der Waals surface area (Å²) in [7, 11) is 0. The van der Waals surface area contributed by atoms with E-state index in [9.17, 15) is 4.79 Å². The van der Waals surface area contributed by atoms with Gasteiger partial charge in [-0.05, 0) is 29.5 Å². The van der Waals surface area contributed by atoms with Crippen LogP contribution in [0.25, 0.3) is 5.69 Å². The summed E-state index contributed by atoms with van der Waals surface area (Å²) in [6.45, 7) is 1.77. The Kier molecular flexibility index (Phi) is 4.15. The molecular weight excluding hydrogens is 304 g/mol. The van der Waals surface area contributed by atoms with Gasteiger partial charge in [0, 0.05) is 6.07 Å². The lowest BCUT2D eigenvalue weighted by molar-refractivity contribution is -0.115. The van der Waals surface area contributed by atoms with Crippen LogP contribution < -0.4 is 5.32 Å². The van der Waals surface area contributed by atoms with E-state index in [0.29, 0.717) is 11.0 Å². The number of aromatic nitrogens is 5. The third-order valence-corrected chi connectivity index (χ3v) is 3.82. The summed E-state index contributed by atoms with van der Waals surface area (Å²) in [4.78, 5) is 12.1. The molecule has 112 valence electrons. The molecule has 0 aliphatic rings. The number of anilines is 1. The van der Waals surface area contributed by atoms with Gasteiger partial charge in [0.1, 0.15) is 6.26 Å². The van der Waals surface area contributed by atoms with Crippen LogP contribution in [-0.2, 0) is 4.79 Å². The lowest BCUT2D eigenvalue weighted by Crippen LogP contribution is -2.23. The first-order valence-corrected chi connectivity index (χ1v) is 7.34. The number of carbonyl (C=O) groups is 1. The Balaban J connectivity index is 1.71. The molecule has 8 nitrogen and oxygen atoms in total. The number of tetrazole rings is 1. The van der Waals surface area contributed by atoms with Crippen LogP contribution >= 0.6 is 11.8 Å². The Labute approximate surface area is 129 Å². The van der Waals surface area contributed by atoms with Crippen LogP contribution in [-0.4, -0.2) is 36.5 Å². The maximum Gasteiger partial charge on any atom is 0.238 e. The van der Waals surface area contributed by atoms with Crippen molar-refractivity contribution in [1.82, 2.24) is 25.4 Å². The van der Waals surface area contributed by atoms with Gasteiger partial charge in [-0.1, -0.05) is 35.1 Å². The predicted molar refractivity (Wildman–Crippen MR) is 79.6 cm³/mol. The van der Waals surface area contributed by atoms with E-state index in [4.69, 9.17) is 0 Å². The van der Waals surface area contributed by atoms with Gasteiger partial charge in [-0.2, -0.15) is 4.68 Å². The van der Waals surface area contributed by atoms with Crippen LogP contribution in [0.15, 0.2) is 52.3 Å². The van der Waals surface area contributed by atoms with Crippen molar-refractivity contribution in [2.75, 3.05) is 5.32 Å². The molecule has 0 saturated heterocycles. The second kappa shape index (κ2) is 6.39. The molecule has 3 rings (SSSR count). The van der Waals surface area contributed by atoms with Gasteiger partial charge in [0.05, 0.1) is 10.9 Å². The molecule has 1 N–H and O–H groups in total. The molecule has 0 bridgehead atoms. The van der Waals surface area contributed by atoms with Crippen LogP contribution in [0.3, 0.4) is 0 Å². The van der Waals surface area contributed by atoms with Gasteiger partial charge in [-0.25, -0.2) is 0 Å². The van der Waals surface area contributed by atoms with Gasteiger partial charge in [0.15, 0.2) is 5.82 Å². The molecule has 0 aliphatic carbocycles. The minimum absolute atomic E-state index is 0.207. The number of carbonyl (C=O) groups excluding carboxylic acids is 1. The molecule has 1 atom stereocenters. The highest BCUT2D eigenvalue weighted by molar-refractivity contribution is 8.00. The highest BCUT2D eigenvalue weighted by Gasteiger charge is 2.19. The number of nitrogens with zero attached hydrogens (tertiary/aromatic N) is 5. The van der Waals surface area contributed by atoms with Gasteiger partial charge >= 0.3 is 0 Å². The average molecular weight is 316 g/mol. The molecule has 1 amide bonds.